The molecule has 0 spiro atoms. The van der Waals surface area contributed by atoms with E-state index in [2.05, 4.69) is 5.32 Å². The Balaban J connectivity index is 3.02. The summed E-state index contributed by atoms with van der Waals surface area (Å²) in [5.41, 5.74) is 0.723. The van der Waals surface area contributed by atoms with Gasteiger partial charge in [-0.1, -0.05) is 25.5 Å². The van der Waals surface area contributed by atoms with E-state index in [0.717, 1.165) is 0 Å². The smallest absolute Gasteiger partial charge is 0.326 e. The molecule has 21 heavy (non-hydrogen) atoms. The third-order valence-electron chi connectivity index (χ3n) is 3.16. The van der Waals surface area contributed by atoms with Gasteiger partial charge in [0.25, 0.3) is 5.91 Å². The van der Waals surface area contributed by atoms with Crippen LogP contribution in [0.1, 0.15) is 37.0 Å². The van der Waals surface area contributed by atoms with E-state index in [0.29, 0.717) is 18.5 Å². The molecule has 0 aliphatic carbocycles. The minimum Gasteiger partial charge on any atom is -0.480 e. The number of carbonyl (C=O) groups excluding carboxylic acids is 2. The monoisotopic (exact) mass is 292 g/mol. The Kier molecular flexibility index (Phi) is 5.90. The number of rotatable bonds is 6. The van der Waals surface area contributed by atoms with Gasteiger partial charge in [-0.25, -0.2) is 4.79 Å². The van der Waals surface area contributed by atoms with Crippen molar-refractivity contribution in [2.45, 2.75) is 32.7 Å². The summed E-state index contributed by atoms with van der Waals surface area (Å²) in [5, 5.41) is 11.6. The number of benzene rings is 1. The standard InChI is InChI=1S/C15H20N2O4/c1-4-7-12(15(20)21)16-14(19)11-8-5-6-9-13(11)17(3)10(2)18/h5-6,8-9,12H,4,7H2,1-3H3,(H,16,19)(H,20,21)/t12-/m1/s1. The highest BCUT2D eigenvalue weighted by molar-refractivity contribution is 6.05. The fourth-order valence-corrected chi connectivity index (χ4v) is 1.91. The summed E-state index contributed by atoms with van der Waals surface area (Å²) in [6.45, 7) is 3.24. The molecule has 0 aromatic heterocycles. The molecular weight excluding hydrogens is 272 g/mol. The lowest BCUT2D eigenvalue weighted by molar-refractivity contribution is -0.139. The molecule has 0 fully saturated rings. The molecule has 6 heteroatoms. The van der Waals surface area contributed by atoms with Crippen molar-refractivity contribution in [2.75, 3.05) is 11.9 Å². The van der Waals surface area contributed by atoms with E-state index in [-0.39, 0.29) is 11.5 Å². The van der Waals surface area contributed by atoms with Gasteiger partial charge in [0.05, 0.1) is 11.3 Å². The number of amides is 2. The normalized spacial score (nSPS) is 11.6. The SMILES string of the molecule is CCC[C@@H](NC(=O)c1ccccc1N(C)C(C)=O)C(=O)O. The number of carboxylic acids is 1. The quantitative estimate of drug-likeness (QED) is 0.834. The van der Waals surface area contributed by atoms with Crippen molar-refractivity contribution in [3.05, 3.63) is 29.8 Å². The summed E-state index contributed by atoms with van der Waals surface area (Å²) in [7, 11) is 1.56. The van der Waals surface area contributed by atoms with Crippen molar-refractivity contribution in [2.24, 2.45) is 0 Å². The molecule has 0 aliphatic rings. The maximum absolute atomic E-state index is 12.3. The van der Waals surface area contributed by atoms with Crippen LogP contribution >= 0.6 is 0 Å². The first-order valence-electron chi connectivity index (χ1n) is 6.75. The van der Waals surface area contributed by atoms with Crippen LogP contribution in [0.25, 0.3) is 0 Å². The van der Waals surface area contributed by atoms with Gasteiger partial charge >= 0.3 is 5.97 Å². The number of nitrogens with one attached hydrogen (secondary N) is 1. The van der Waals surface area contributed by atoms with Crippen LogP contribution in [0.3, 0.4) is 0 Å². The van der Waals surface area contributed by atoms with E-state index in [1.807, 2.05) is 6.92 Å². The van der Waals surface area contributed by atoms with Crippen LogP contribution in [0.5, 0.6) is 0 Å². The molecular formula is C15H20N2O4. The molecule has 0 unspecified atom stereocenters. The topological polar surface area (TPSA) is 86.7 Å². The number of anilines is 1. The van der Waals surface area contributed by atoms with Crippen molar-refractivity contribution in [3.8, 4) is 0 Å². The minimum absolute atomic E-state index is 0.210. The Hall–Kier alpha value is -2.37. The summed E-state index contributed by atoms with van der Waals surface area (Å²) in [6.07, 6.45) is 0.998. The second kappa shape index (κ2) is 7.42. The molecule has 0 aliphatic heterocycles. The van der Waals surface area contributed by atoms with Crippen LogP contribution in [0.4, 0.5) is 5.69 Å². The fraction of sp³-hybridized carbons (Fsp3) is 0.400. The second-order valence-electron chi connectivity index (χ2n) is 4.75. The molecule has 0 saturated heterocycles. The van der Waals surface area contributed by atoms with Crippen LogP contribution in [0, 0.1) is 0 Å². The van der Waals surface area contributed by atoms with Crippen LogP contribution in [0.15, 0.2) is 24.3 Å². The maximum atomic E-state index is 12.3. The lowest BCUT2D eigenvalue weighted by atomic mass is 10.1. The lowest BCUT2D eigenvalue weighted by Gasteiger charge is -2.20. The summed E-state index contributed by atoms with van der Waals surface area (Å²) in [4.78, 5) is 36.2. The van der Waals surface area contributed by atoms with Gasteiger partial charge in [0.1, 0.15) is 6.04 Å². The van der Waals surface area contributed by atoms with Crippen LogP contribution in [0.2, 0.25) is 0 Å². The van der Waals surface area contributed by atoms with E-state index < -0.39 is 17.9 Å². The van der Waals surface area contributed by atoms with E-state index in [4.69, 9.17) is 5.11 Å². The first-order chi connectivity index (χ1) is 9.88. The van der Waals surface area contributed by atoms with Gasteiger partial charge < -0.3 is 15.3 Å². The number of aliphatic carboxylic acids is 1. The minimum atomic E-state index is -1.07. The summed E-state index contributed by atoms with van der Waals surface area (Å²) in [5.74, 6) is -1.78. The highest BCUT2D eigenvalue weighted by Crippen LogP contribution is 2.19. The van der Waals surface area contributed by atoms with Crippen molar-refractivity contribution in [1.82, 2.24) is 5.32 Å². The Morgan fingerprint density at radius 3 is 2.43 bits per heavy atom. The Labute approximate surface area is 123 Å². The molecule has 2 amide bonds. The number of carboxylic acid groups (broad SMARTS) is 1. The van der Waals surface area contributed by atoms with Gasteiger partial charge in [-0.05, 0) is 18.6 Å². The molecule has 0 bridgehead atoms. The number of hydrogen-bond acceptors (Lipinski definition) is 3. The maximum Gasteiger partial charge on any atom is 0.326 e. The highest BCUT2D eigenvalue weighted by Gasteiger charge is 2.22. The molecule has 0 radical (unpaired) electrons. The molecule has 0 heterocycles. The Bertz CT molecular complexity index is 542. The van der Waals surface area contributed by atoms with Gasteiger partial charge in [-0.3, -0.25) is 9.59 Å². The zero-order chi connectivity index (χ0) is 16.0. The highest BCUT2D eigenvalue weighted by atomic mass is 16.4. The molecule has 0 saturated carbocycles. The second-order valence-corrected chi connectivity index (χ2v) is 4.75. The van der Waals surface area contributed by atoms with E-state index in [9.17, 15) is 14.4 Å². The zero-order valence-corrected chi connectivity index (χ0v) is 12.4. The van der Waals surface area contributed by atoms with E-state index in [1.165, 1.54) is 11.8 Å². The van der Waals surface area contributed by atoms with Crippen molar-refractivity contribution >= 4 is 23.5 Å². The van der Waals surface area contributed by atoms with E-state index in [1.54, 1.807) is 31.3 Å². The summed E-state index contributed by atoms with van der Waals surface area (Å²) in [6, 6.07) is 5.66. The average molecular weight is 292 g/mol. The number of hydrogen-bond donors (Lipinski definition) is 2. The predicted molar refractivity (Wildman–Crippen MR) is 79.3 cm³/mol. The molecule has 1 atom stereocenters. The molecule has 2 N–H and O–H groups in total. The fourth-order valence-electron chi connectivity index (χ4n) is 1.91. The number of para-hydroxylation sites is 1. The van der Waals surface area contributed by atoms with Crippen LogP contribution < -0.4 is 10.2 Å². The largest absolute Gasteiger partial charge is 0.480 e. The predicted octanol–water partition coefficient (Wildman–Crippen LogP) is 1.65. The van der Waals surface area contributed by atoms with Gasteiger partial charge in [-0.15, -0.1) is 0 Å². The Morgan fingerprint density at radius 2 is 1.90 bits per heavy atom. The first-order valence-corrected chi connectivity index (χ1v) is 6.75. The molecule has 1 rings (SSSR count). The molecule has 6 nitrogen and oxygen atoms in total. The molecule has 1 aromatic carbocycles. The molecule has 1 aromatic rings. The Morgan fingerprint density at radius 1 is 1.29 bits per heavy atom. The van der Waals surface area contributed by atoms with Gasteiger partial charge in [-0.2, -0.15) is 0 Å². The van der Waals surface area contributed by atoms with Crippen molar-refractivity contribution in [3.63, 3.8) is 0 Å². The first kappa shape index (κ1) is 16.7. The molecule has 114 valence electrons. The zero-order valence-electron chi connectivity index (χ0n) is 12.4. The summed E-state index contributed by atoms with van der Waals surface area (Å²) >= 11 is 0. The summed E-state index contributed by atoms with van der Waals surface area (Å²) < 4.78 is 0. The average Bonchev–Trinajstić information content (AvgIpc) is 2.45. The lowest BCUT2D eigenvalue weighted by Crippen LogP contribution is -2.41. The number of carbonyl (C=O) groups is 3. The van der Waals surface area contributed by atoms with Crippen molar-refractivity contribution in [1.29, 1.82) is 0 Å². The van der Waals surface area contributed by atoms with Gasteiger partial charge in [0.2, 0.25) is 5.91 Å². The van der Waals surface area contributed by atoms with E-state index >= 15 is 0 Å². The third kappa shape index (κ3) is 4.30. The van der Waals surface area contributed by atoms with Crippen LogP contribution in [-0.4, -0.2) is 36.0 Å². The van der Waals surface area contributed by atoms with Gasteiger partial charge in [0.15, 0.2) is 0 Å². The van der Waals surface area contributed by atoms with Crippen molar-refractivity contribution < 1.29 is 19.5 Å². The van der Waals surface area contributed by atoms with Crippen LogP contribution in [-0.2, 0) is 9.59 Å². The number of nitrogens with zero attached hydrogens (tertiary/aromatic N) is 1. The van der Waals surface area contributed by atoms with Gasteiger partial charge in [0, 0.05) is 14.0 Å². The third-order valence-corrected chi connectivity index (χ3v) is 3.16.